The summed E-state index contributed by atoms with van der Waals surface area (Å²) in [6.45, 7) is 6.95. The van der Waals surface area contributed by atoms with Crippen LogP contribution < -0.4 is 15.8 Å². The molecule has 1 aromatic rings. The average Bonchev–Trinajstić information content (AvgIpc) is 2.42. The van der Waals surface area contributed by atoms with Crippen LogP contribution in [0.5, 0.6) is 5.88 Å². The van der Waals surface area contributed by atoms with E-state index in [1.807, 2.05) is 6.92 Å². The number of unbranched alkanes of at least 4 members (excludes halogenated alkanes) is 1. The van der Waals surface area contributed by atoms with Crippen LogP contribution in [0.3, 0.4) is 0 Å². The molecule has 0 fully saturated rings. The third kappa shape index (κ3) is 5.74. The van der Waals surface area contributed by atoms with Gasteiger partial charge in [0, 0.05) is 19.8 Å². The van der Waals surface area contributed by atoms with Gasteiger partial charge >= 0.3 is 0 Å². The molecule has 19 heavy (non-hydrogen) atoms. The van der Waals surface area contributed by atoms with E-state index in [0.29, 0.717) is 24.0 Å². The number of rotatable bonds is 10. The minimum absolute atomic E-state index is 0.454. The van der Waals surface area contributed by atoms with Crippen molar-refractivity contribution in [3.63, 3.8) is 0 Å². The van der Waals surface area contributed by atoms with E-state index in [1.165, 1.54) is 6.33 Å². The molecule has 1 aromatic heterocycles. The summed E-state index contributed by atoms with van der Waals surface area (Å²) in [5.41, 5.74) is 6.43. The van der Waals surface area contributed by atoms with Gasteiger partial charge in [-0.05, 0) is 19.8 Å². The molecule has 0 aliphatic rings. The highest BCUT2D eigenvalue weighted by atomic mass is 16.5. The molecule has 3 N–H and O–H groups in total. The molecule has 108 valence electrons. The van der Waals surface area contributed by atoms with E-state index in [2.05, 4.69) is 22.2 Å². The highest BCUT2D eigenvalue weighted by Crippen LogP contribution is 2.24. The SMILES string of the molecule is CCCCOc1ncnc(NCCCOCC)c1N. The third-order valence-corrected chi connectivity index (χ3v) is 2.55. The zero-order valence-electron chi connectivity index (χ0n) is 11.8. The fourth-order valence-corrected chi connectivity index (χ4v) is 1.47. The van der Waals surface area contributed by atoms with Gasteiger partial charge in [-0.15, -0.1) is 0 Å². The Kier molecular flexibility index (Phi) is 7.65. The summed E-state index contributed by atoms with van der Waals surface area (Å²) in [6.07, 6.45) is 4.43. The van der Waals surface area contributed by atoms with Gasteiger partial charge in [0.2, 0.25) is 5.88 Å². The standard InChI is InChI=1S/C13H24N4O2/c1-3-5-9-19-13-11(14)12(16-10-17-13)15-7-6-8-18-4-2/h10H,3-9,14H2,1-2H3,(H,15,16,17). The number of aromatic nitrogens is 2. The zero-order chi connectivity index (χ0) is 13.9. The van der Waals surface area contributed by atoms with Gasteiger partial charge in [0.1, 0.15) is 12.0 Å². The van der Waals surface area contributed by atoms with Crippen LogP contribution in [-0.2, 0) is 4.74 Å². The predicted octanol–water partition coefficient (Wildman–Crippen LogP) is 2.08. The third-order valence-electron chi connectivity index (χ3n) is 2.55. The molecule has 0 saturated carbocycles. The van der Waals surface area contributed by atoms with E-state index in [-0.39, 0.29) is 0 Å². The summed E-state index contributed by atoms with van der Waals surface area (Å²) in [7, 11) is 0. The van der Waals surface area contributed by atoms with Gasteiger partial charge in [0.05, 0.1) is 6.61 Å². The number of nitrogens with two attached hydrogens (primary N) is 1. The number of nitrogens with one attached hydrogen (secondary N) is 1. The number of ether oxygens (including phenoxy) is 2. The molecular weight excluding hydrogens is 244 g/mol. The van der Waals surface area contributed by atoms with Gasteiger partial charge in [-0.1, -0.05) is 13.3 Å². The van der Waals surface area contributed by atoms with Crippen LogP contribution >= 0.6 is 0 Å². The first-order valence-electron chi connectivity index (χ1n) is 6.84. The van der Waals surface area contributed by atoms with Crippen LogP contribution in [0.15, 0.2) is 6.33 Å². The van der Waals surface area contributed by atoms with E-state index < -0.39 is 0 Å². The van der Waals surface area contributed by atoms with Crippen molar-refractivity contribution in [2.75, 3.05) is 37.4 Å². The van der Waals surface area contributed by atoms with Crippen molar-refractivity contribution in [2.24, 2.45) is 0 Å². The van der Waals surface area contributed by atoms with Gasteiger partial charge in [0.25, 0.3) is 0 Å². The number of nitrogen functional groups attached to an aromatic ring is 1. The Hall–Kier alpha value is -1.56. The normalized spacial score (nSPS) is 10.4. The van der Waals surface area contributed by atoms with E-state index >= 15 is 0 Å². The number of hydrogen-bond acceptors (Lipinski definition) is 6. The van der Waals surface area contributed by atoms with Gasteiger partial charge in [-0.25, -0.2) is 4.98 Å². The lowest BCUT2D eigenvalue weighted by molar-refractivity contribution is 0.147. The molecule has 0 aromatic carbocycles. The molecule has 0 bridgehead atoms. The maximum atomic E-state index is 5.96. The molecule has 0 saturated heterocycles. The molecular formula is C13H24N4O2. The largest absolute Gasteiger partial charge is 0.476 e. The summed E-state index contributed by atoms with van der Waals surface area (Å²) in [5, 5.41) is 3.17. The van der Waals surface area contributed by atoms with E-state index in [0.717, 1.165) is 39.0 Å². The Bertz CT molecular complexity index is 360. The molecule has 0 radical (unpaired) electrons. The first-order chi connectivity index (χ1) is 9.29. The van der Waals surface area contributed by atoms with Crippen molar-refractivity contribution in [2.45, 2.75) is 33.1 Å². The lowest BCUT2D eigenvalue weighted by atomic mass is 10.3. The lowest BCUT2D eigenvalue weighted by Gasteiger charge is -2.11. The quantitative estimate of drug-likeness (QED) is 0.632. The van der Waals surface area contributed by atoms with Crippen molar-refractivity contribution in [3.8, 4) is 5.88 Å². The Balaban J connectivity index is 2.42. The van der Waals surface area contributed by atoms with Crippen LogP contribution in [0.25, 0.3) is 0 Å². The fraction of sp³-hybridized carbons (Fsp3) is 0.692. The van der Waals surface area contributed by atoms with Crippen molar-refractivity contribution >= 4 is 11.5 Å². The summed E-state index contributed by atoms with van der Waals surface area (Å²) < 4.78 is 10.8. The molecule has 6 heteroatoms. The second kappa shape index (κ2) is 9.38. The summed E-state index contributed by atoms with van der Waals surface area (Å²) in [6, 6.07) is 0. The fourth-order valence-electron chi connectivity index (χ4n) is 1.47. The van der Waals surface area contributed by atoms with Crippen LogP contribution in [0.4, 0.5) is 11.5 Å². The maximum Gasteiger partial charge on any atom is 0.242 e. The first kappa shape index (κ1) is 15.5. The first-order valence-corrected chi connectivity index (χ1v) is 6.84. The lowest BCUT2D eigenvalue weighted by Crippen LogP contribution is -2.11. The Morgan fingerprint density at radius 2 is 2.05 bits per heavy atom. The Morgan fingerprint density at radius 3 is 2.79 bits per heavy atom. The second-order valence-corrected chi connectivity index (χ2v) is 4.12. The van der Waals surface area contributed by atoms with Crippen LogP contribution in [0, 0.1) is 0 Å². The highest BCUT2D eigenvalue weighted by Gasteiger charge is 2.08. The highest BCUT2D eigenvalue weighted by molar-refractivity contribution is 5.66. The van der Waals surface area contributed by atoms with Crippen LogP contribution in [0.1, 0.15) is 33.1 Å². The van der Waals surface area contributed by atoms with E-state index in [4.69, 9.17) is 15.2 Å². The predicted molar refractivity (Wildman–Crippen MR) is 76.4 cm³/mol. The smallest absolute Gasteiger partial charge is 0.242 e. The second-order valence-electron chi connectivity index (χ2n) is 4.12. The van der Waals surface area contributed by atoms with Gasteiger partial charge in [0.15, 0.2) is 5.82 Å². The molecule has 0 aliphatic heterocycles. The maximum absolute atomic E-state index is 5.96. The number of hydrogen-bond donors (Lipinski definition) is 2. The summed E-state index contributed by atoms with van der Waals surface area (Å²) >= 11 is 0. The van der Waals surface area contributed by atoms with E-state index in [1.54, 1.807) is 0 Å². The zero-order valence-corrected chi connectivity index (χ0v) is 11.8. The van der Waals surface area contributed by atoms with Crippen molar-refractivity contribution in [3.05, 3.63) is 6.33 Å². The molecule has 6 nitrogen and oxygen atoms in total. The Labute approximate surface area is 114 Å². The minimum atomic E-state index is 0.454. The van der Waals surface area contributed by atoms with Crippen molar-refractivity contribution in [1.82, 2.24) is 9.97 Å². The summed E-state index contributed by atoms with van der Waals surface area (Å²) in [4.78, 5) is 8.16. The van der Waals surface area contributed by atoms with Gasteiger partial charge in [-0.3, -0.25) is 0 Å². The molecule has 1 rings (SSSR count). The molecule has 1 heterocycles. The van der Waals surface area contributed by atoms with Gasteiger partial charge < -0.3 is 20.5 Å². The Morgan fingerprint density at radius 1 is 1.21 bits per heavy atom. The molecule has 0 spiro atoms. The minimum Gasteiger partial charge on any atom is -0.476 e. The summed E-state index contributed by atoms with van der Waals surface area (Å²) in [5.74, 6) is 1.08. The monoisotopic (exact) mass is 268 g/mol. The van der Waals surface area contributed by atoms with E-state index in [9.17, 15) is 0 Å². The molecule has 0 aliphatic carbocycles. The number of nitrogens with zero attached hydrogens (tertiary/aromatic N) is 2. The van der Waals surface area contributed by atoms with Gasteiger partial charge in [-0.2, -0.15) is 4.98 Å². The average molecular weight is 268 g/mol. The molecule has 0 unspecified atom stereocenters. The van der Waals surface area contributed by atoms with Crippen molar-refractivity contribution < 1.29 is 9.47 Å². The number of anilines is 2. The van der Waals surface area contributed by atoms with Crippen LogP contribution in [0.2, 0.25) is 0 Å². The molecule has 0 amide bonds. The molecule has 0 atom stereocenters. The van der Waals surface area contributed by atoms with Crippen LogP contribution in [-0.4, -0.2) is 36.3 Å². The topological polar surface area (TPSA) is 82.3 Å². The van der Waals surface area contributed by atoms with Crippen molar-refractivity contribution in [1.29, 1.82) is 0 Å².